The number of anilines is 1. The van der Waals surface area contributed by atoms with Crippen molar-refractivity contribution in [3.05, 3.63) is 77.0 Å². The first-order chi connectivity index (χ1) is 14.2. The van der Waals surface area contributed by atoms with E-state index in [4.69, 9.17) is 11.6 Å². The first kappa shape index (κ1) is 21.7. The highest BCUT2D eigenvalue weighted by molar-refractivity contribution is 6.30. The Hall–Kier alpha value is -3.00. The van der Waals surface area contributed by atoms with Crippen LogP contribution in [-0.2, 0) is 17.5 Å². The van der Waals surface area contributed by atoms with E-state index in [-0.39, 0.29) is 29.9 Å². The molecule has 0 bridgehead atoms. The monoisotopic (exact) mass is 437 g/mol. The average Bonchev–Trinajstić information content (AvgIpc) is 2.72. The highest BCUT2D eigenvalue weighted by Gasteiger charge is 2.38. The summed E-state index contributed by atoms with van der Waals surface area (Å²) in [7, 11) is 0. The molecular formula is C21H16ClF4N3O. The van der Waals surface area contributed by atoms with Crippen molar-refractivity contribution in [2.45, 2.75) is 26.1 Å². The molecular weight excluding hydrogens is 422 g/mol. The molecule has 0 fully saturated rings. The molecule has 0 radical (unpaired) electrons. The maximum atomic E-state index is 13.8. The van der Waals surface area contributed by atoms with Crippen LogP contribution in [0.1, 0.15) is 24.6 Å². The number of benzene rings is 1. The Morgan fingerprint density at radius 2 is 1.80 bits per heavy atom. The van der Waals surface area contributed by atoms with Crippen LogP contribution >= 0.6 is 11.6 Å². The molecule has 1 aromatic carbocycles. The first-order valence-corrected chi connectivity index (χ1v) is 9.31. The van der Waals surface area contributed by atoms with Gasteiger partial charge in [-0.25, -0.2) is 9.37 Å². The van der Waals surface area contributed by atoms with Crippen LogP contribution in [0.2, 0.25) is 5.02 Å². The maximum Gasteiger partial charge on any atom is 0.435 e. The van der Waals surface area contributed by atoms with E-state index >= 15 is 0 Å². The lowest BCUT2D eigenvalue weighted by molar-refractivity contribution is -0.140. The molecule has 4 nitrogen and oxygen atoms in total. The number of aromatic nitrogens is 2. The van der Waals surface area contributed by atoms with Gasteiger partial charge in [-0.1, -0.05) is 30.7 Å². The first-order valence-electron chi connectivity index (χ1n) is 8.93. The van der Waals surface area contributed by atoms with Gasteiger partial charge in [0, 0.05) is 23.2 Å². The quantitative estimate of drug-likeness (QED) is 0.467. The fourth-order valence-electron chi connectivity index (χ4n) is 2.86. The topological polar surface area (TPSA) is 46.1 Å². The van der Waals surface area contributed by atoms with Crippen molar-refractivity contribution in [3.63, 3.8) is 0 Å². The van der Waals surface area contributed by atoms with E-state index in [1.54, 1.807) is 31.2 Å². The average molecular weight is 438 g/mol. The van der Waals surface area contributed by atoms with E-state index in [0.717, 1.165) is 17.2 Å². The molecule has 2 heterocycles. The normalized spacial score (nSPS) is 11.4. The van der Waals surface area contributed by atoms with Crippen LogP contribution in [0.3, 0.4) is 0 Å². The number of pyridine rings is 2. The SMILES string of the molecule is CCC(=O)N(Cc1ccc(Cl)cc1)c1ccc(-c2cncc(F)c2)nc1C(F)(F)F. The zero-order valence-corrected chi connectivity index (χ0v) is 16.5. The van der Waals surface area contributed by atoms with Crippen molar-refractivity contribution in [1.82, 2.24) is 9.97 Å². The third-order valence-corrected chi connectivity index (χ3v) is 4.54. The molecule has 0 saturated carbocycles. The van der Waals surface area contributed by atoms with Crippen molar-refractivity contribution < 1.29 is 22.4 Å². The van der Waals surface area contributed by atoms with Crippen molar-refractivity contribution >= 4 is 23.2 Å². The second-order valence-electron chi connectivity index (χ2n) is 6.41. The van der Waals surface area contributed by atoms with Crippen LogP contribution < -0.4 is 4.90 Å². The third kappa shape index (κ3) is 4.94. The van der Waals surface area contributed by atoms with Gasteiger partial charge in [-0.05, 0) is 35.9 Å². The second kappa shape index (κ2) is 8.79. The van der Waals surface area contributed by atoms with Crippen molar-refractivity contribution in [1.29, 1.82) is 0 Å². The van der Waals surface area contributed by atoms with Crippen LogP contribution in [0.25, 0.3) is 11.3 Å². The fraction of sp³-hybridized carbons (Fsp3) is 0.190. The van der Waals surface area contributed by atoms with Crippen molar-refractivity contribution in [2.75, 3.05) is 4.90 Å². The van der Waals surface area contributed by atoms with Crippen LogP contribution in [0, 0.1) is 5.82 Å². The van der Waals surface area contributed by atoms with E-state index in [9.17, 15) is 22.4 Å². The molecule has 1 amide bonds. The summed E-state index contributed by atoms with van der Waals surface area (Å²) in [5.74, 6) is -1.20. The van der Waals surface area contributed by atoms with E-state index < -0.39 is 23.6 Å². The molecule has 0 atom stereocenters. The summed E-state index contributed by atoms with van der Waals surface area (Å²) in [6, 6.07) is 9.95. The Morgan fingerprint density at radius 1 is 1.10 bits per heavy atom. The van der Waals surface area contributed by atoms with Gasteiger partial charge in [0.05, 0.1) is 24.1 Å². The molecule has 0 aliphatic heterocycles. The molecule has 9 heteroatoms. The number of carbonyl (C=O) groups is 1. The van der Waals surface area contributed by atoms with Crippen LogP contribution in [0.15, 0.2) is 54.9 Å². The van der Waals surface area contributed by atoms with Gasteiger partial charge in [0.2, 0.25) is 5.91 Å². The third-order valence-electron chi connectivity index (χ3n) is 4.29. The molecule has 0 saturated heterocycles. The number of alkyl halides is 3. The zero-order valence-electron chi connectivity index (χ0n) is 15.8. The standard InChI is InChI=1S/C21H16ClF4N3O/c1-2-19(30)29(12-13-3-5-15(22)6-4-13)18-8-7-17(28-20(18)21(24,25)26)14-9-16(23)11-27-10-14/h3-11H,2,12H2,1H3. The largest absolute Gasteiger partial charge is 0.435 e. The van der Waals surface area contributed by atoms with Gasteiger partial charge in [0.25, 0.3) is 0 Å². The molecule has 3 rings (SSSR count). The molecule has 0 aliphatic carbocycles. The van der Waals surface area contributed by atoms with Gasteiger partial charge in [0.15, 0.2) is 5.69 Å². The summed E-state index contributed by atoms with van der Waals surface area (Å²) in [6.45, 7) is 1.47. The predicted octanol–water partition coefficient (Wildman–Crippen LogP) is 5.90. The van der Waals surface area contributed by atoms with Gasteiger partial charge in [-0.15, -0.1) is 0 Å². The van der Waals surface area contributed by atoms with Crippen LogP contribution in [0.4, 0.5) is 23.2 Å². The van der Waals surface area contributed by atoms with E-state index in [1.165, 1.54) is 18.3 Å². The minimum absolute atomic E-state index is 0.000451. The summed E-state index contributed by atoms with van der Waals surface area (Å²) in [6.07, 6.45) is -2.68. The highest BCUT2D eigenvalue weighted by Crippen LogP contribution is 2.37. The number of amides is 1. The molecule has 0 spiro atoms. The van der Waals surface area contributed by atoms with Gasteiger partial charge in [-0.3, -0.25) is 9.78 Å². The summed E-state index contributed by atoms with van der Waals surface area (Å²) in [4.78, 5) is 20.9. The minimum Gasteiger partial charge on any atom is -0.306 e. The smallest absolute Gasteiger partial charge is 0.306 e. The molecule has 30 heavy (non-hydrogen) atoms. The Labute approximate surface area is 175 Å². The maximum absolute atomic E-state index is 13.8. The zero-order chi connectivity index (χ0) is 21.9. The number of hydrogen-bond acceptors (Lipinski definition) is 3. The summed E-state index contributed by atoms with van der Waals surface area (Å²) < 4.78 is 54.9. The minimum atomic E-state index is -4.83. The molecule has 0 aliphatic rings. The molecule has 0 unspecified atom stereocenters. The van der Waals surface area contributed by atoms with Crippen LogP contribution in [0.5, 0.6) is 0 Å². The molecule has 156 valence electrons. The van der Waals surface area contributed by atoms with Crippen molar-refractivity contribution in [3.8, 4) is 11.3 Å². The number of halogens is 5. The molecule has 2 aromatic heterocycles. The summed E-state index contributed by atoms with van der Waals surface area (Å²) in [5, 5.41) is 0.470. The number of nitrogens with zero attached hydrogens (tertiary/aromatic N) is 3. The number of rotatable bonds is 5. The Kier molecular flexibility index (Phi) is 6.36. The predicted molar refractivity (Wildman–Crippen MR) is 105 cm³/mol. The van der Waals surface area contributed by atoms with Gasteiger partial charge in [-0.2, -0.15) is 13.2 Å². The fourth-order valence-corrected chi connectivity index (χ4v) is 2.99. The highest BCUT2D eigenvalue weighted by atomic mass is 35.5. The summed E-state index contributed by atoms with van der Waals surface area (Å²) >= 11 is 5.86. The second-order valence-corrected chi connectivity index (χ2v) is 6.85. The van der Waals surface area contributed by atoms with Gasteiger partial charge >= 0.3 is 6.18 Å². The Balaban J connectivity index is 2.10. The molecule has 3 aromatic rings. The lowest BCUT2D eigenvalue weighted by Crippen LogP contribution is -2.32. The summed E-state index contributed by atoms with van der Waals surface area (Å²) in [5.41, 5.74) is -1.02. The lowest BCUT2D eigenvalue weighted by atomic mass is 10.1. The van der Waals surface area contributed by atoms with Gasteiger partial charge in [0.1, 0.15) is 5.82 Å². The van der Waals surface area contributed by atoms with Crippen molar-refractivity contribution in [2.24, 2.45) is 0 Å². The van der Waals surface area contributed by atoms with Gasteiger partial charge < -0.3 is 4.90 Å². The van der Waals surface area contributed by atoms with E-state index in [0.29, 0.717) is 10.6 Å². The molecule has 0 N–H and O–H groups in total. The van der Waals surface area contributed by atoms with Crippen LogP contribution in [-0.4, -0.2) is 15.9 Å². The van der Waals surface area contributed by atoms with E-state index in [2.05, 4.69) is 9.97 Å². The Morgan fingerprint density at radius 3 is 2.40 bits per heavy atom. The lowest BCUT2D eigenvalue weighted by Gasteiger charge is -2.26. The number of hydrogen-bond donors (Lipinski definition) is 0. The van der Waals surface area contributed by atoms with E-state index in [1.807, 2.05) is 0 Å². The Bertz CT molecular complexity index is 1050. The number of carbonyl (C=O) groups excluding carboxylic acids is 1.